The lowest BCUT2D eigenvalue weighted by molar-refractivity contribution is 0.0921. The van der Waals surface area contributed by atoms with Gasteiger partial charge in [0.05, 0.1) is 6.20 Å². The van der Waals surface area contributed by atoms with Crippen molar-refractivity contribution in [1.29, 1.82) is 0 Å². The summed E-state index contributed by atoms with van der Waals surface area (Å²) in [5, 5.41) is 3.03. The first-order chi connectivity index (χ1) is 10.1. The molecule has 0 aromatic carbocycles. The minimum atomic E-state index is -0.248. The monoisotopic (exact) mass is 288 g/mol. The molecule has 0 bridgehead atoms. The van der Waals surface area contributed by atoms with Crippen molar-refractivity contribution in [2.24, 2.45) is 7.05 Å². The number of aryl methyl sites for hydroxylation is 2. The lowest BCUT2D eigenvalue weighted by atomic mass is 9.95. The molecule has 2 heterocycles. The summed E-state index contributed by atoms with van der Waals surface area (Å²) in [4.78, 5) is 28.9. The molecule has 0 spiro atoms. The second kappa shape index (κ2) is 5.35. The van der Waals surface area contributed by atoms with Crippen molar-refractivity contribution < 1.29 is 4.79 Å². The van der Waals surface area contributed by atoms with Crippen LogP contribution in [0.3, 0.4) is 0 Å². The van der Waals surface area contributed by atoms with E-state index >= 15 is 0 Å². The van der Waals surface area contributed by atoms with Crippen molar-refractivity contribution in [3.63, 3.8) is 0 Å². The Balaban J connectivity index is 1.96. The lowest BCUT2D eigenvalue weighted by Crippen LogP contribution is -2.38. The molecule has 2 aromatic rings. The minimum Gasteiger partial charge on any atom is -0.348 e. The molecular formula is C15H20N4O2. The zero-order valence-electron chi connectivity index (χ0n) is 12.4. The van der Waals surface area contributed by atoms with E-state index in [1.807, 2.05) is 6.92 Å². The highest BCUT2D eigenvalue weighted by Crippen LogP contribution is 2.18. The van der Waals surface area contributed by atoms with Crippen LogP contribution < -0.4 is 11.0 Å². The first-order valence-corrected chi connectivity index (χ1v) is 7.42. The van der Waals surface area contributed by atoms with Crippen molar-refractivity contribution >= 4 is 11.6 Å². The van der Waals surface area contributed by atoms with Crippen molar-refractivity contribution in [3.8, 4) is 0 Å². The van der Waals surface area contributed by atoms with Crippen LogP contribution in [-0.4, -0.2) is 25.9 Å². The van der Waals surface area contributed by atoms with E-state index in [0.717, 1.165) is 31.2 Å². The van der Waals surface area contributed by atoms with E-state index in [9.17, 15) is 9.59 Å². The largest absolute Gasteiger partial charge is 0.348 e. The third kappa shape index (κ3) is 2.46. The van der Waals surface area contributed by atoms with Gasteiger partial charge in [-0.3, -0.25) is 4.79 Å². The summed E-state index contributed by atoms with van der Waals surface area (Å²) in [7, 11) is 1.68. The van der Waals surface area contributed by atoms with Crippen LogP contribution >= 0.6 is 0 Å². The molecule has 1 fully saturated rings. The normalized spacial score (nSPS) is 16.3. The second-order valence-corrected chi connectivity index (χ2v) is 5.82. The Labute approximate surface area is 122 Å². The van der Waals surface area contributed by atoms with Gasteiger partial charge in [-0.15, -0.1) is 0 Å². The van der Waals surface area contributed by atoms with E-state index in [4.69, 9.17) is 0 Å². The summed E-state index contributed by atoms with van der Waals surface area (Å²) in [6, 6.07) is 0.213. The summed E-state index contributed by atoms with van der Waals surface area (Å²) < 4.78 is 2.87. The Hall–Kier alpha value is -2.11. The predicted octanol–water partition coefficient (Wildman–Crippen LogP) is 1.40. The average molecular weight is 288 g/mol. The molecule has 1 N–H and O–H groups in total. The zero-order chi connectivity index (χ0) is 15.0. The number of imidazole rings is 1. The van der Waals surface area contributed by atoms with Gasteiger partial charge in [-0.2, -0.15) is 0 Å². The Kier molecular flexibility index (Phi) is 3.53. The third-order valence-electron chi connectivity index (χ3n) is 4.17. The van der Waals surface area contributed by atoms with Gasteiger partial charge in [-0.1, -0.05) is 19.3 Å². The molecule has 6 heteroatoms. The van der Waals surface area contributed by atoms with Gasteiger partial charge in [0.2, 0.25) is 0 Å². The van der Waals surface area contributed by atoms with Gasteiger partial charge in [-0.05, 0) is 19.8 Å². The van der Waals surface area contributed by atoms with E-state index in [1.54, 1.807) is 13.2 Å². The fourth-order valence-corrected chi connectivity index (χ4v) is 3.05. The molecule has 3 rings (SSSR count). The topological polar surface area (TPSA) is 68.4 Å². The van der Waals surface area contributed by atoms with Crippen LogP contribution in [0.1, 0.15) is 48.2 Å². The standard InChI is InChI=1S/C15H20N4O2/c1-10-9-18(2)15(21)19-12(8-16-13(10)19)14(20)17-11-6-4-3-5-7-11/h8-9,11H,3-7H2,1-2H3,(H,17,20). The number of carbonyl (C=O) groups excluding carboxylic acids is 1. The zero-order valence-corrected chi connectivity index (χ0v) is 12.4. The number of amides is 1. The van der Waals surface area contributed by atoms with E-state index in [-0.39, 0.29) is 17.6 Å². The lowest BCUT2D eigenvalue weighted by Gasteiger charge is -2.22. The number of rotatable bonds is 2. The number of nitrogens with one attached hydrogen (secondary N) is 1. The second-order valence-electron chi connectivity index (χ2n) is 5.82. The highest BCUT2D eigenvalue weighted by atomic mass is 16.2. The first kappa shape index (κ1) is 13.9. The third-order valence-corrected chi connectivity index (χ3v) is 4.17. The van der Waals surface area contributed by atoms with Crippen LogP contribution in [0.5, 0.6) is 0 Å². The molecule has 0 radical (unpaired) electrons. The van der Waals surface area contributed by atoms with E-state index in [2.05, 4.69) is 10.3 Å². The van der Waals surface area contributed by atoms with E-state index in [0.29, 0.717) is 11.3 Å². The van der Waals surface area contributed by atoms with Gasteiger partial charge >= 0.3 is 5.69 Å². The quantitative estimate of drug-likeness (QED) is 0.908. The van der Waals surface area contributed by atoms with Crippen LogP contribution in [0.4, 0.5) is 0 Å². The molecule has 0 unspecified atom stereocenters. The van der Waals surface area contributed by atoms with Gasteiger partial charge < -0.3 is 9.88 Å². The number of aromatic nitrogens is 3. The fourth-order valence-electron chi connectivity index (χ4n) is 3.05. The van der Waals surface area contributed by atoms with E-state index < -0.39 is 0 Å². The molecular weight excluding hydrogens is 268 g/mol. The van der Waals surface area contributed by atoms with E-state index in [1.165, 1.54) is 21.6 Å². The van der Waals surface area contributed by atoms with Crippen molar-refractivity contribution in [1.82, 2.24) is 19.3 Å². The Morgan fingerprint density at radius 2 is 2.05 bits per heavy atom. The summed E-state index contributed by atoms with van der Waals surface area (Å²) >= 11 is 0. The number of nitrogens with zero attached hydrogens (tertiary/aromatic N) is 3. The van der Waals surface area contributed by atoms with Crippen LogP contribution in [0.2, 0.25) is 0 Å². The number of hydrogen-bond donors (Lipinski definition) is 1. The molecule has 0 aliphatic heterocycles. The molecule has 1 amide bonds. The summed E-state index contributed by atoms with van der Waals surface area (Å²) in [6.45, 7) is 1.88. The molecule has 112 valence electrons. The molecule has 21 heavy (non-hydrogen) atoms. The van der Waals surface area contributed by atoms with Crippen LogP contribution in [0, 0.1) is 6.92 Å². The molecule has 0 atom stereocenters. The average Bonchev–Trinajstić information content (AvgIpc) is 2.91. The Morgan fingerprint density at radius 1 is 1.33 bits per heavy atom. The van der Waals surface area contributed by atoms with Gasteiger partial charge in [-0.25, -0.2) is 14.2 Å². The minimum absolute atomic E-state index is 0.211. The summed E-state index contributed by atoms with van der Waals surface area (Å²) in [6.07, 6.45) is 8.79. The predicted molar refractivity (Wildman–Crippen MR) is 79.5 cm³/mol. The maximum atomic E-state index is 12.4. The molecule has 1 aliphatic rings. The van der Waals surface area contributed by atoms with Gasteiger partial charge in [0, 0.05) is 24.8 Å². The van der Waals surface area contributed by atoms with Crippen LogP contribution in [-0.2, 0) is 7.05 Å². The van der Waals surface area contributed by atoms with Gasteiger partial charge in [0.15, 0.2) is 0 Å². The summed E-state index contributed by atoms with van der Waals surface area (Å²) in [5.41, 5.74) is 1.49. The van der Waals surface area contributed by atoms with Crippen molar-refractivity contribution in [2.45, 2.75) is 45.1 Å². The van der Waals surface area contributed by atoms with Crippen LogP contribution in [0.25, 0.3) is 5.65 Å². The molecule has 2 aromatic heterocycles. The SMILES string of the molecule is Cc1cn(C)c(=O)n2c(C(=O)NC3CCCCC3)cnc12. The highest BCUT2D eigenvalue weighted by Gasteiger charge is 2.20. The molecule has 1 aliphatic carbocycles. The first-order valence-electron chi connectivity index (χ1n) is 7.42. The number of fused-ring (bicyclic) bond motifs is 1. The van der Waals surface area contributed by atoms with Gasteiger partial charge in [0.25, 0.3) is 5.91 Å². The number of hydrogen-bond acceptors (Lipinski definition) is 3. The van der Waals surface area contributed by atoms with Gasteiger partial charge in [0.1, 0.15) is 11.3 Å². The Morgan fingerprint density at radius 3 is 2.76 bits per heavy atom. The molecule has 0 saturated heterocycles. The highest BCUT2D eigenvalue weighted by molar-refractivity contribution is 5.93. The van der Waals surface area contributed by atoms with Crippen molar-refractivity contribution in [3.05, 3.63) is 34.1 Å². The van der Waals surface area contributed by atoms with Crippen molar-refractivity contribution in [2.75, 3.05) is 0 Å². The number of carbonyl (C=O) groups is 1. The molecule has 1 saturated carbocycles. The smallest absolute Gasteiger partial charge is 0.334 e. The van der Waals surface area contributed by atoms with Crippen LogP contribution in [0.15, 0.2) is 17.2 Å². The maximum Gasteiger partial charge on any atom is 0.334 e. The Bertz CT molecular complexity index is 738. The fraction of sp³-hybridized carbons (Fsp3) is 0.533. The summed E-state index contributed by atoms with van der Waals surface area (Å²) in [5.74, 6) is -0.211. The maximum absolute atomic E-state index is 12.4. The molecule has 6 nitrogen and oxygen atoms in total.